The number of aliphatic hydroxyl groups is 1. The zero-order valence-electron chi connectivity index (χ0n) is 10.9. The summed E-state index contributed by atoms with van der Waals surface area (Å²) in [5, 5.41) is 10.0. The normalized spacial score (nSPS) is 26.2. The first kappa shape index (κ1) is 13.5. The Bertz CT molecular complexity index is 658. The van der Waals surface area contributed by atoms with Crippen LogP contribution in [-0.2, 0) is 4.74 Å². The fraction of sp³-hybridized carbons (Fsp3) is 0.462. The molecule has 7 heteroatoms. The summed E-state index contributed by atoms with van der Waals surface area (Å²) in [6, 6.07) is 0. The Kier molecular flexibility index (Phi) is 3.45. The van der Waals surface area contributed by atoms with Crippen molar-refractivity contribution >= 4 is 28.9 Å². The first-order chi connectivity index (χ1) is 9.65. The van der Waals surface area contributed by atoms with Gasteiger partial charge in [-0.1, -0.05) is 18.5 Å². The van der Waals surface area contributed by atoms with Crippen LogP contribution in [0.3, 0.4) is 0 Å². The van der Waals surface area contributed by atoms with Gasteiger partial charge in [-0.2, -0.15) is 0 Å². The van der Waals surface area contributed by atoms with Gasteiger partial charge in [0.15, 0.2) is 6.29 Å². The van der Waals surface area contributed by atoms with E-state index in [-0.39, 0.29) is 30.0 Å². The van der Waals surface area contributed by atoms with Crippen molar-refractivity contribution in [2.45, 2.75) is 25.7 Å². The number of halogens is 1. The summed E-state index contributed by atoms with van der Waals surface area (Å²) in [6.45, 7) is 2.02. The molecule has 1 saturated heterocycles. The largest absolute Gasteiger partial charge is 0.394 e. The van der Waals surface area contributed by atoms with Gasteiger partial charge in [-0.05, 0) is 6.42 Å². The van der Waals surface area contributed by atoms with Gasteiger partial charge in [0.1, 0.15) is 23.4 Å². The lowest BCUT2D eigenvalue weighted by atomic mass is 10.1. The van der Waals surface area contributed by atoms with Gasteiger partial charge in [-0.15, -0.1) is 0 Å². The van der Waals surface area contributed by atoms with Crippen molar-refractivity contribution in [1.82, 2.24) is 14.5 Å². The number of hydrogen-bond acceptors (Lipinski definition) is 5. The van der Waals surface area contributed by atoms with Crippen LogP contribution in [-0.4, -0.2) is 38.6 Å². The average Bonchev–Trinajstić information content (AvgIpc) is 3.00. The monoisotopic (exact) mass is 295 g/mol. The Balaban J connectivity index is 2.13. The molecule has 3 rings (SSSR count). The van der Waals surface area contributed by atoms with Gasteiger partial charge in [0.25, 0.3) is 0 Å². The maximum Gasteiger partial charge on any atom is 0.152 e. The number of rotatable bonds is 3. The van der Waals surface area contributed by atoms with E-state index in [2.05, 4.69) is 9.97 Å². The molecule has 106 valence electrons. The quantitative estimate of drug-likeness (QED) is 0.690. The molecule has 2 aromatic heterocycles. The number of aromatic nitrogens is 3. The van der Waals surface area contributed by atoms with Crippen molar-refractivity contribution in [2.24, 2.45) is 5.92 Å². The summed E-state index contributed by atoms with van der Waals surface area (Å²) >= 11 is 6.05. The molecular formula is C13H14ClN3O3. The Hall–Kier alpha value is -1.50. The summed E-state index contributed by atoms with van der Waals surface area (Å²) in [4.78, 5) is 19.3. The van der Waals surface area contributed by atoms with Gasteiger partial charge in [0.2, 0.25) is 0 Å². The summed E-state index contributed by atoms with van der Waals surface area (Å²) in [5.41, 5.74) is 1.01. The predicted molar refractivity (Wildman–Crippen MR) is 72.7 cm³/mol. The maximum absolute atomic E-state index is 11.2. The molecule has 0 radical (unpaired) electrons. The minimum atomic E-state index is -0.269. The van der Waals surface area contributed by atoms with Gasteiger partial charge in [-0.3, -0.25) is 4.79 Å². The number of aldehydes is 1. The van der Waals surface area contributed by atoms with Crippen LogP contribution >= 0.6 is 11.6 Å². The standard InChI is InChI=1S/C13H14ClN3O3/c1-7-2-9(5-19)20-13(7)17-3-8(4-18)10-11(14)15-6-16-12(10)17/h3-4,6-7,9,13,19H,2,5H2,1H3/t7-,9-,13+/m0/s1. The third-order valence-corrected chi connectivity index (χ3v) is 3.94. The fourth-order valence-electron chi connectivity index (χ4n) is 2.73. The van der Waals surface area contributed by atoms with Crippen LogP contribution in [0.25, 0.3) is 11.0 Å². The van der Waals surface area contributed by atoms with E-state index < -0.39 is 0 Å². The molecule has 0 aliphatic carbocycles. The molecular weight excluding hydrogens is 282 g/mol. The number of ether oxygens (including phenoxy) is 1. The number of nitrogens with zero attached hydrogens (tertiary/aromatic N) is 3. The van der Waals surface area contributed by atoms with Crippen molar-refractivity contribution in [1.29, 1.82) is 0 Å². The number of carbonyl (C=O) groups excluding carboxylic acids is 1. The lowest BCUT2D eigenvalue weighted by Crippen LogP contribution is -2.15. The van der Waals surface area contributed by atoms with Crippen LogP contribution in [0.5, 0.6) is 0 Å². The van der Waals surface area contributed by atoms with E-state index in [9.17, 15) is 9.90 Å². The topological polar surface area (TPSA) is 77.2 Å². The van der Waals surface area contributed by atoms with E-state index in [1.54, 1.807) is 10.8 Å². The van der Waals surface area contributed by atoms with Crippen molar-refractivity contribution < 1.29 is 14.6 Å². The molecule has 1 aliphatic heterocycles. The summed E-state index contributed by atoms with van der Waals surface area (Å²) < 4.78 is 7.61. The smallest absolute Gasteiger partial charge is 0.152 e. The minimum Gasteiger partial charge on any atom is -0.394 e. The highest BCUT2D eigenvalue weighted by atomic mass is 35.5. The number of carbonyl (C=O) groups is 1. The van der Waals surface area contributed by atoms with E-state index in [1.807, 2.05) is 6.92 Å². The zero-order valence-corrected chi connectivity index (χ0v) is 11.6. The molecule has 0 aromatic carbocycles. The molecule has 0 amide bonds. The molecule has 3 atom stereocenters. The third-order valence-electron chi connectivity index (χ3n) is 3.65. The molecule has 1 fully saturated rings. The van der Waals surface area contributed by atoms with E-state index >= 15 is 0 Å². The SMILES string of the molecule is C[C@H]1C[C@@H](CO)O[C@H]1n1cc(C=O)c2c(Cl)ncnc21. The maximum atomic E-state index is 11.2. The number of aliphatic hydroxyl groups excluding tert-OH is 1. The second kappa shape index (κ2) is 5.12. The highest BCUT2D eigenvalue weighted by Gasteiger charge is 2.34. The Labute approximate surface area is 120 Å². The molecule has 0 spiro atoms. The fourth-order valence-corrected chi connectivity index (χ4v) is 2.97. The van der Waals surface area contributed by atoms with E-state index in [0.717, 1.165) is 12.7 Å². The van der Waals surface area contributed by atoms with Crippen LogP contribution in [0.15, 0.2) is 12.5 Å². The Morgan fingerprint density at radius 2 is 2.40 bits per heavy atom. The Morgan fingerprint density at radius 3 is 3.05 bits per heavy atom. The van der Waals surface area contributed by atoms with Crippen LogP contribution < -0.4 is 0 Å². The molecule has 20 heavy (non-hydrogen) atoms. The van der Waals surface area contributed by atoms with E-state index in [1.165, 1.54) is 6.33 Å². The Morgan fingerprint density at radius 1 is 1.60 bits per heavy atom. The van der Waals surface area contributed by atoms with Gasteiger partial charge >= 0.3 is 0 Å². The number of hydrogen-bond donors (Lipinski definition) is 1. The van der Waals surface area contributed by atoms with Crippen LogP contribution in [0.4, 0.5) is 0 Å². The summed E-state index contributed by atoms with van der Waals surface area (Å²) in [5.74, 6) is 0.205. The molecule has 3 heterocycles. The van der Waals surface area contributed by atoms with Crippen molar-refractivity contribution in [3.8, 4) is 0 Å². The average molecular weight is 296 g/mol. The van der Waals surface area contributed by atoms with Crippen molar-refractivity contribution in [3.63, 3.8) is 0 Å². The predicted octanol–water partition coefficient (Wildman–Crippen LogP) is 1.81. The summed E-state index contributed by atoms with van der Waals surface area (Å²) in [7, 11) is 0. The van der Waals surface area contributed by atoms with Crippen LogP contribution in [0.2, 0.25) is 5.15 Å². The summed E-state index contributed by atoms with van der Waals surface area (Å²) in [6.07, 6.45) is 4.07. The molecule has 0 bridgehead atoms. The van der Waals surface area contributed by atoms with E-state index in [0.29, 0.717) is 16.6 Å². The van der Waals surface area contributed by atoms with Crippen LogP contribution in [0.1, 0.15) is 29.9 Å². The van der Waals surface area contributed by atoms with Gasteiger partial charge in [0, 0.05) is 17.7 Å². The first-order valence-corrected chi connectivity index (χ1v) is 6.76. The van der Waals surface area contributed by atoms with E-state index in [4.69, 9.17) is 16.3 Å². The van der Waals surface area contributed by atoms with Crippen molar-refractivity contribution in [2.75, 3.05) is 6.61 Å². The van der Waals surface area contributed by atoms with Gasteiger partial charge in [0.05, 0.1) is 18.1 Å². The molecule has 0 unspecified atom stereocenters. The zero-order chi connectivity index (χ0) is 14.3. The molecule has 1 aliphatic rings. The highest BCUT2D eigenvalue weighted by molar-refractivity contribution is 6.34. The lowest BCUT2D eigenvalue weighted by molar-refractivity contribution is -0.0292. The molecule has 1 N–H and O–H groups in total. The van der Waals surface area contributed by atoms with Crippen molar-refractivity contribution in [3.05, 3.63) is 23.2 Å². The first-order valence-electron chi connectivity index (χ1n) is 6.38. The second-order valence-corrected chi connectivity index (χ2v) is 5.37. The lowest BCUT2D eigenvalue weighted by Gasteiger charge is -2.17. The third kappa shape index (κ3) is 2.00. The molecule has 2 aromatic rings. The van der Waals surface area contributed by atoms with Gasteiger partial charge in [-0.25, -0.2) is 9.97 Å². The molecule has 0 saturated carbocycles. The number of fused-ring (bicyclic) bond motifs is 1. The highest BCUT2D eigenvalue weighted by Crippen LogP contribution is 2.37. The van der Waals surface area contributed by atoms with Crippen LogP contribution in [0, 0.1) is 5.92 Å². The minimum absolute atomic E-state index is 0.0175. The van der Waals surface area contributed by atoms with Gasteiger partial charge < -0.3 is 14.4 Å². The molecule has 6 nitrogen and oxygen atoms in total. The second-order valence-electron chi connectivity index (χ2n) is 5.02.